The summed E-state index contributed by atoms with van der Waals surface area (Å²) in [5.41, 5.74) is 0. The molecule has 1 aromatic heterocycles. The van der Waals surface area contributed by atoms with E-state index in [4.69, 9.17) is 0 Å². The second kappa shape index (κ2) is 3.75. The summed E-state index contributed by atoms with van der Waals surface area (Å²) in [6, 6.07) is 0. The second-order valence-electron chi connectivity index (χ2n) is 3.38. The number of likely N-dealkylation sites (tertiary alicyclic amines) is 1. The average molecular weight is 196 g/mol. The smallest absolute Gasteiger partial charge is 0.244 e. The maximum Gasteiger partial charge on any atom is 0.244 e. The van der Waals surface area contributed by atoms with Crippen LogP contribution >= 0.6 is 0 Å². The van der Waals surface area contributed by atoms with Crippen LogP contribution in [0.3, 0.4) is 0 Å². The van der Waals surface area contributed by atoms with Crippen LogP contribution in [0, 0.1) is 0 Å². The van der Waals surface area contributed by atoms with Crippen LogP contribution in [0.1, 0.15) is 6.42 Å². The van der Waals surface area contributed by atoms with E-state index in [0.717, 1.165) is 0 Å². The molecule has 2 heterocycles. The Hall–Kier alpha value is -1.43. The van der Waals surface area contributed by atoms with Crippen LogP contribution in [0.5, 0.6) is 0 Å². The maximum atomic E-state index is 11.6. The summed E-state index contributed by atoms with van der Waals surface area (Å²) >= 11 is 0. The summed E-state index contributed by atoms with van der Waals surface area (Å²) in [5, 5.41) is 13.1. The van der Waals surface area contributed by atoms with Gasteiger partial charge in [-0.05, 0) is 6.42 Å². The van der Waals surface area contributed by atoms with Crippen LogP contribution < -0.4 is 0 Å². The molecule has 76 valence electrons. The van der Waals surface area contributed by atoms with Crippen molar-refractivity contribution in [3.63, 3.8) is 0 Å². The van der Waals surface area contributed by atoms with Gasteiger partial charge in [0.2, 0.25) is 5.91 Å². The lowest BCUT2D eigenvalue weighted by molar-refractivity contribution is -0.131. The minimum atomic E-state index is -0.366. The first kappa shape index (κ1) is 9.14. The first-order valence-electron chi connectivity index (χ1n) is 4.54. The number of aliphatic hydroxyl groups is 1. The van der Waals surface area contributed by atoms with Crippen molar-refractivity contribution in [3.05, 3.63) is 12.7 Å². The summed E-state index contributed by atoms with van der Waals surface area (Å²) in [4.78, 5) is 17.0. The predicted octanol–water partition coefficient (Wildman–Crippen LogP) is -1.13. The molecule has 1 fully saturated rings. The third-order valence-corrected chi connectivity index (χ3v) is 2.28. The van der Waals surface area contributed by atoms with Crippen molar-refractivity contribution in [1.82, 2.24) is 19.7 Å². The Morgan fingerprint density at radius 3 is 3.07 bits per heavy atom. The standard InChI is InChI=1S/C8H12N4O2/c13-7-1-2-11(3-7)8(14)4-12-6-9-5-10-12/h5-7,13H,1-4H2/t7-/m1/s1. The molecule has 2 rings (SSSR count). The third-order valence-electron chi connectivity index (χ3n) is 2.28. The van der Waals surface area contributed by atoms with Crippen molar-refractivity contribution in [2.45, 2.75) is 19.1 Å². The lowest BCUT2D eigenvalue weighted by Gasteiger charge is -2.14. The van der Waals surface area contributed by atoms with Crippen molar-refractivity contribution in [1.29, 1.82) is 0 Å². The molecule has 0 radical (unpaired) electrons. The zero-order valence-corrected chi connectivity index (χ0v) is 7.70. The van der Waals surface area contributed by atoms with Crippen molar-refractivity contribution in [3.8, 4) is 0 Å². The van der Waals surface area contributed by atoms with Crippen molar-refractivity contribution in [2.75, 3.05) is 13.1 Å². The first-order chi connectivity index (χ1) is 6.75. The van der Waals surface area contributed by atoms with Crippen LogP contribution in [-0.4, -0.2) is 49.9 Å². The molecule has 1 N–H and O–H groups in total. The van der Waals surface area contributed by atoms with Gasteiger partial charge in [0.25, 0.3) is 0 Å². The number of carbonyl (C=O) groups is 1. The Labute approximate surface area is 81.2 Å². The molecule has 1 amide bonds. The monoisotopic (exact) mass is 196 g/mol. The topological polar surface area (TPSA) is 71.2 Å². The Bertz CT molecular complexity index is 311. The van der Waals surface area contributed by atoms with E-state index in [2.05, 4.69) is 10.1 Å². The fraction of sp³-hybridized carbons (Fsp3) is 0.625. The fourth-order valence-electron chi connectivity index (χ4n) is 1.52. The molecule has 1 atom stereocenters. The van der Waals surface area contributed by atoms with Gasteiger partial charge in [0.15, 0.2) is 0 Å². The number of aromatic nitrogens is 3. The summed E-state index contributed by atoms with van der Waals surface area (Å²) in [7, 11) is 0. The SMILES string of the molecule is O=C(Cn1cncn1)N1CC[C@@H](O)C1. The van der Waals surface area contributed by atoms with E-state index in [1.807, 2.05) is 0 Å². The van der Waals surface area contributed by atoms with E-state index in [9.17, 15) is 9.90 Å². The lowest BCUT2D eigenvalue weighted by atomic mass is 10.3. The molecule has 0 spiro atoms. The molecule has 1 aliphatic heterocycles. The van der Waals surface area contributed by atoms with Crippen LogP contribution in [0.4, 0.5) is 0 Å². The van der Waals surface area contributed by atoms with Crippen molar-refractivity contribution >= 4 is 5.91 Å². The number of amides is 1. The zero-order valence-electron chi connectivity index (χ0n) is 7.70. The molecule has 1 saturated heterocycles. The molecule has 6 nitrogen and oxygen atoms in total. The Morgan fingerprint density at radius 2 is 2.50 bits per heavy atom. The molecule has 0 aliphatic carbocycles. The second-order valence-corrected chi connectivity index (χ2v) is 3.38. The molecule has 14 heavy (non-hydrogen) atoms. The number of β-amino-alcohol motifs (C(OH)–C–C–N with tert-alkyl or cyclic N) is 1. The van der Waals surface area contributed by atoms with Gasteiger partial charge in [-0.1, -0.05) is 0 Å². The molecular formula is C8H12N4O2. The van der Waals surface area contributed by atoms with Gasteiger partial charge in [-0.2, -0.15) is 5.10 Å². The Balaban J connectivity index is 1.90. The lowest BCUT2D eigenvalue weighted by Crippen LogP contribution is -2.32. The van der Waals surface area contributed by atoms with Gasteiger partial charge in [-0.15, -0.1) is 0 Å². The highest BCUT2D eigenvalue weighted by Gasteiger charge is 2.24. The van der Waals surface area contributed by atoms with Gasteiger partial charge in [0, 0.05) is 13.1 Å². The molecule has 0 unspecified atom stereocenters. The van der Waals surface area contributed by atoms with E-state index >= 15 is 0 Å². The number of hydrogen-bond donors (Lipinski definition) is 1. The van der Waals surface area contributed by atoms with Gasteiger partial charge in [-0.25, -0.2) is 9.67 Å². The van der Waals surface area contributed by atoms with E-state index < -0.39 is 0 Å². The minimum Gasteiger partial charge on any atom is -0.391 e. The summed E-state index contributed by atoms with van der Waals surface area (Å²) in [6.45, 7) is 1.27. The van der Waals surface area contributed by atoms with Crippen LogP contribution in [-0.2, 0) is 11.3 Å². The molecule has 0 aromatic carbocycles. The summed E-state index contributed by atoms with van der Waals surface area (Å²) in [5.74, 6) is -0.0212. The average Bonchev–Trinajstić information content (AvgIpc) is 2.75. The fourth-order valence-corrected chi connectivity index (χ4v) is 1.52. The number of aliphatic hydroxyl groups excluding tert-OH is 1. The summed E-state index contributed by atoms with van der Waals surface area (Å²) in [6.07, 6.45) is 3.20. The van der Waals surface area contributed by atoms with E-state index in [0.29, 0.717) is 19.5 Å². The van der Waals surface area contributed by atoms with Crippen LogP contribution in [0.15, 0.2) is 12.7 Å². The minimum absolute atomic E-state index is 0.0212. The van der Waals surface area contributed by atoms with Crippen LogP contribution in [0.2, 0.25) is 0 Å². The molecular weight excluding hydrogens is 184 g/mol. The molecule has 0 bridgehead atoms. The van der Waals surface area contributed by atoms with Gasteiger partial charge in [-0.3, -0.25) is 4.79 Å². The van der Waals surface area contributed by atoms with Gasteiger partial charge < -0.3 is 10.0 Å². The van der Waals surface area contributed by atoms with Gasteiger partial charge in [0.05, 0.1) is 6.10 Å². The van der Waals surface area contributed by atoms with E-state index in [1.54, 1.807) is 4.90 Å². The molecule has 6 heteroatoms. The third kappa shape index (κ3) is 1.90. The highest BCUT2D eigenvalue weighted by atomic mass is 16.3. The highest BCUT2D eigenvalue weighted by molar-refractivity contribution is 5.76. The van der Waals surface area contributed by atoms with E-state index in [1.165, 1.54) is 17.3 Å². The Kier molecular flexibility index (Phi) is 2.45. The number of nitrogens with zero attached hydrogens (tertiary/aromatic N) is 4. The predicted molar refractivity (Wildman–Crippen MR) is 47.2 cm³/mol. The summed E-state index contributed by atoms with van der Waals surface area (Å²) < 4.78 is 1.48. The zero-order chi connectivity index (χ0) is 9.97. The first-order valence-corrected chi connectivity index (χ1v) is 4.54. The number of carbonyl (C=O) groups excluding carboxylic acids is 1. The van der Waals surface area contributed by atoms with Gasteiger partial charge in [0.1, 0.15) is 19.2 Å². The van der Waals surface area contributed by atoms with Gasteiger partial charge >= 0.3 is 0 Å². The van der Waals surface area contributed by atoms with Crippen molar-refractivity contribution < 1.29 is 9.90 Å². The number of hydrogen-bond acceptors (Lipinski definition) is 4. The quantitative estimate of drug-likeness (QED) is 0.649. The maximum absolute atomic E-state index is 11.6. The van der Waals surface area contributed by atoms with Crippen molar-refractivity contribution in [2.24, 2.45) is 0 Å². The van der Waals surface area contributed by atoms with E-state index in [-0.39, 0.29) is 18.6 Å². The Morgan fingerprint density at radius 1 is 1.64 bits per heavy atom. The molecule has 1 aliphatic rings. The molecule has 1 aromatic rings. The number of rotatable bonds is 2. The normalized spacial score (nSPS) is 21.5. The molecule has 0 saturated carbocycles. The highest BCUT2D eigenvalue weighted by Crippen LogP contribution is 2.08. The largest absolute Gasteiger partial charge is 0.391 e. The van der Waals surface area contributed by atoms with Crippen LogP contribution in [0.25, 0.3) is 0 Å².